The zero-order valence-electron chi connectivity index (χ0n) is 12.7. The zero-order valence-corrected chi connectivity index (χ0v) is 12.7. The minimum absolute atomic E-state index is 0.159. The first kappa shape index (κ1) is 16.6. The van der Waals surface area contributed by atoms with Gasteiger partial charge in [-0.3, -0.25) is 4.90 Å². The van der Waals surface area contributed by atoms with Gasteiger partial charge in [-0.05, 0) is 32.4 Å². The predicted octanol–water partition coefficient (Wildman–Crippen LogP) is 4.08. The summed E-state index contributed by atoms with van der Waals surface area (Å²) in [4.78, 5) is 13.9. The van der Waals surface area contributed by atoms with Crippen molar-refractivity contribution in [1.82, 2.24) is 4.90 Å². The topological polar surface area (TPSA) is 41.6 Å². The lowest BCUT2D eigenvalue weighted by molar-refractivity contribution is -0.136. The van der Waals surface area contributed by atoms with E-state index in [-0.39, 0.29) is 11.7 Å². The van der Waals surface area contributed by atoms with E-state index < -0.39 is 23.5 Å². The summed E-state index contributed by atoms with van der Waals surface area (Å²) in [6.45, 7) is 5.72. The van der Waals surface area contributed by atoms with E-state index in [4.69, 9.17) is 4.74 Å². The van der Waals surface area contributed by atoms with Crippen LogP contribution in [0.25, 0.3) is 0 Å². The average molecular weight is 316 g/mol. The van der Waals surface area contributed by atoms with Crippen LogP contribution >= 0.6 is 0 Å². The maximum absolute atomic E-state index is 13.0. The highest BCUT2D eigenvalue weighted by molar-refractivity contribution is 5.91. The lowest BCUT2D eigenvalue weighted by Gasteiger charge is -2.33. The highest BCUT2D eigenvalue weighted by Gasteiger charge is 2.43. The van der Waals surface area contributed by atoms with Gasteiger partial charge in [0.25, 0.3) is 0 Å². The molecule has 2 amide bonds. The lowest BCUT2D eigenvalue weighted by atomic mass is 10.1. The number of halogens is 3. The number of hydrogen-bond acceptors (Lipinski definition) is 2. The average Bonchev–Trinajstić information content (AvgIpc) is 2.73. The standard InChI is InChI=1S/C15H19F3N2O2/c1-4-10-9-22-14(2,3)20(10)13(21)19-12-8-6-5-7-11(12)15(16,17)18/h5-8,10H,4,9H2,1-3H3,(H,19,21). The second-order valence-electron chi connectivity index (χ2n) is 5.66. The number of benzene rings is 1. The Labute approximate surface area is 127 Å². The molecule has 122 valence electrons. The Kier molecular flexibility index (Phi) is 4.37. The van der Waals surface area contributed by atoms with Crippen LogP contribution in [0.5, 0.6) is 0 Å². The molecular formula is C15H19F3N2O2. The molecule has 0 aliphatic carbocycles. The number of alkyl halides is 3. The van der Waals surface area contributed by atoms with E-state index in [0.29, 0.717) is 13.0 Å². The monoisotopic (exact) mass is 316 g/mol. The molecule has 1 unspecified atom stereocenters. The van der Waals surface area contributed by atoms with Gasteiger partial charge in [0.2, 0.25) is 0 Å². The molecule has 0 radical (unpaired) electrons. The third-order valence-electron chi connectivity index (χ3n) is 3.74. The van der Waals surface area contributed by atoms with Crippen LogP contribution in [-0.2, 0) is 10.9 Å². The van der Waals surface area contributed by atoms with Crippen molar-refractivity contribution in [2.45, 2.75) is 45.1 Å². The molecule has 0 spiro atoms. The normalized spacial score (nSPS) is 21.0. The molecule has 0 saturated carbocycles. The predicted molar refractivity (Wildman–Crippen MR) is 76.4 cm³/mol. The summed E-state index contributed by atoms with van der Waals surface area (Å²) in [7, 11) is 0. The quantitative estimate of drug-likeness (QED) is 0.893. The Hall–Kier alpha value is -1.76. The summed E-state index contributed by atoms with van der Waals surface area (Å²) in [6, 6.07) is 4.17. The van der Waals surface area contributed by atoms with E-state index in [1.54, 1.807) is 13.8 Å². The Morgan fingerprint density at radius 2 is 2.05 bits per heavy atom. The van der Waals surface area contributed by atoms with Gasteiger partial charge in [0.15, 0.2) is 0 Å². The van der Waals surface area contributed by atoms with Crippen LogP contribution in [-0.4, -0.2) is 29.3 Å². The Bertz CT molecular complexity index is 558. The molecule has 1 saturated heterocycles. The van der Waals surface area contributed by atoms with Crippen molar-refractivity contribution in [3.63, 3.8) is 0 Å². The number of nitrogens with one attached hydrogen (secondary N) is 1. The molecule has 0 bridgehead atoms. The molecule has 22 heavy (non-hydrogen) atoms. The fourth-order valence-electron chi connectivity index (χ4n) is 2.61. The summed E-state index contributed by atoms with van der Waals surface area (Å²) >= 11 is 0. The van der Waals surface area contributed by atoms with Crippen molar-refractivity contribution in [3.05, 3.63) is 29.8 Å². The number of para-hydroxylation sites is 1. The molecule has 1 aromatic carbocycles. The number of carbonyl (C=O) groups excluding carboxylic acids is 1. The molecule has 1 N–H and O–H groups in total. The Morgan fingerprint density at radius 1 is 1.41 bits per heavy atom. The highest BCUT2D eigenvalue weighted by atomic mass is 19.4. The van der Waals surface area contributed by atoms with Crippen molar-refractivity contribution in [3.8, 4) is 0 Å². The minimum atomic E-state index is -4.52. The van der Waals surface area contributed by atoms with E-state index in [9.17, 15) is 18.0 Å². The van der Waals surface area contributed by atoms with Gasteiger partial charge in [-0.1, -0.05) is 19.1 Å². The van der Waals surface area contributed by atoms with Gasteiger partial charge in [-0.2, -0.15) is 13.2 Å². The second kappa shape index (κ2) is 5.79. The van der Waals surface area contributed by atoms with Crippen molar-refractivity contribution in [1.29, 1.82) is 0 Å². The van der Waals surface area contributed by atoms with E-state index in [2.05, 4.69) is 5.32 Å². The molecule has 1 fully saturated rings. The molecular weight excluding hydrogens is 297 g/mol. The highest BCUT2D eigenvalue weighted by Crippen LogP contribution is 2.35. The third-order valence-corrected chi connectivity index (χ3v) is 3.74. The first-order valence-corrected chi connectivity index (χ1v) is 7.07. The number of urea groups is 1. The van der Waals surface area contributed by atoms with Gasteiger partial charge >= 0.3 is 12.2 Å². The van der Waals surface area contributed by atoms with Gasteiger partial charge in [0.05, 0.1) is 23.9 Å². The summed E-state index contributed by atoms with van der Waals surface area (Å²) in [6.07, 6.45) is -3.86. The van der Waals surface area contributed by atoms with Crippen LogP contribution in [0.4, 0.5) is 23.7 Å². The van der Waals surface area contributed by atoms with Gasteiger partial charge in [-0.25, -0.2) is 4.79 Å². The molecule has 0 aromatic heterocycles. The maximum atomic E-state index is 13.0. The summed E-state index contributed by atoms with van der Waals surface area (Å²) in [5, 5.41) is 2.37. The maximum Gasteiger partial charge on any atom is 0.418 e. The number of ether oxygens (including phenoxy) is 1. The summed E-state index contributed by atoms with van der Waals surface area (Å²) in [5.41, 5.74) is -1.97. The van der Waals surface area contributed by atoms with Gasteiger partial charge in [-0.15, -0.1) is 0 Å². The lowest BCUT2D eigenvalue weighted by Crippen LogP contribution is -2.49. The van der Waals surface area contributed by atoms with Crippen molar-refractivity contribution in [2.75, 3.05) is 11.9 Å². The number of carbonyl (C=O) groups is 1. The summed E-state index contributed by atoms with van der Waals surface area (Å²) in [5.74, 6) is 0. The van der Waals surface area contributed by atoms with Crippen LogP contribution in [0.2, 0.25) is 0 Å². The van der Waals surface area contributed by atoms with Gasteiger partial charge in [0.1, 0.15) is 5.72 Å². The van der Waals surface area contributed by atoms with Crippen LogP contribution in [0.3, 0.4) is 0 Å². The van der Waals surface area contributed by atoms with Crippen molar-refractivity contribution in [2.24, 2.45) is 0 Å². The minimum Gasteiger partial charge on any atom is -0.354 e. The third kappa shape index (κ3) is 3.19. The van der Waals surface area contributed by atoms with Crippen LogP contribution < -0.4 is 5.32 Å². The van der Waals surface area contributed by atoms with Crippen molar-refractivity contribution >= 4 is 11.7 Å². The molecule has 2 rings (SSSR count). The van der Waals surface area contributed by atoms with Crippen LogP contribution in [0.1, 0.15) is 32.8 Å². The molecule has 1 aromatic rings. The smallest absolute Gasteiger partial charge is 0.354 e. The fourth-order valence-corrected chi connectivity index (χ4v) is 2.61. The molecule has 7 heteroatoms. The number of anilines is 1. The SMILES string of the molecule is CCC1COC(C)(C)N1C(=O)Nc1ccccc1C(F)(F)F. The second-order valence-corrected chi connectivity index (χ2v) is 5.66. The number of nitrogens with zero attached hydrogens (tertiary/aromatic N) is 1. The molecule has 1 aliphatic rings. The zero-order chi connectivity index (χ0) is 16.5. The molecule has 1 aliphatic heterocycles. The summed E-state index contributed by atoms with van der Waals surface area (Å²) < 4.78 is 44.5. The van der Waals surface area contributed by atoms with Gasteiger partial charge < -0.3 is 10.1 Å². The number of hydrogen-bond donors (Lipinski definition) is 1. The molecule has 1 heterocycles. The van der Waals surface area contributed by atoms with Crippen LogP contribution in [0.15, 0.2) is 24.3 Å². The first-order valence-electron chi connectivity index (χ1n) is 7.07. The largest absolute Gasteiger partial charge is 0.418 e. The van der Waals surface area contributed by atoms with E-state index in [0.717, 1.165) is 6.07 Å². The van der Waals surface area contributed by atoms with Gasteiger partial charge in [0, 0.05) is 0 Å². The molecule has 1 atom stereocenters. The molecule has 4 nitrogen and oxygen atoms in total. The Balaban J connectivity index is 2.26. The van der Waals surface area contributed by atoms with E-state index >= 15 is 0 Å². The first-order chi connectivity index (χ1) is 10.2. The van der Waals surface area contributed by atoms with Crippen molar-refractivity contribution < 1.29 is 22.7 Å². The number of amides is 2. The fraction of sp³-hybridized carbons (Fsp3) is 0.533. The number of rotatable bonds is 2. The van der Waals surface area contributed by atoms with Crippen LogP contribution in [0, 0.1) is 0 Å². The van der Waals surface area contributed by atoms with E-state index in [1.807, 2.05) is 6.92 Å². The Morgan fingerprint density at radius 3 is 2.64 bits per heavy atom. The van der Waals surface area contributed by atoms with E-state index in [1.165, 1.54) is 23.1 Å².